The maximum absolute atomic E-state index is 12.8. The maximum atomic E-state index is 12.8. The first-order valence-corrected chi connectivity index (χ1v) is 5.44. The zero-order valence-electron chi connectivity index (χ0n) is 9.39. The van der Waals surface area contributed by atoms with Gasteiger partial charge in [-0.15, -0.1) is 5.73 Å². The molecule has 1 rings (SSSR count). The molecule has 0 nitrogen and oxygen atoms in total. The van der Waals surface area contributed by atoms with Crippen molar-refractivity contribution in [1.29, 1.82) is 0 Å². The molecule has 0 saturated heterocycles. The van der Waals surface area contributed by atoms with Crippen LogP contribution in [0.1, 0.15) is 38.7 Å². The molecule has 1 aromatic rings. The van der Waals surface area contributed by atoms with Crippen LogP contribution in [0.15, 0.2) is 36.1 Å². The second-order valence-corrected chi connectivity index (χ2v) is 3.52. The standard InChI is InChI=1S/C14H17F/c1-3-5-7-12(6-4-2)13-8-10-14(15)11-9-13/h4,8-11H,3,5,7H2,1-2H3. The van der Waals surface area contributed by atoms with E-state index in [0.717, 1.165) is 24.8 Å². The summed E-state index contributed by atoms with van der Waals surface area (Å²) in [5.74, 6) is -0.186. The molecule has 0 aromatic heterocycles. The summed E-state index contributed by atoms with van der Waals surface area (Å²) in [6.45, 7) is 4.12. The van der Waals surface area contributed by atoms with E-state index in [2.05, 4.69) is 12.7 Å². The lowest BCUT2D eigenvalue weighted by Gasteiger charge is -2.04. The minimum Gasteiger partial charge on any atom is -0.207 e. The molecule has 0 aliphatic carbocycles. The van der Waals surface area contributed by atoms with Gasteiger partial charge in [-0.1, -0.05) is 25.5 Å². The second kappa shape index (κ2) is 6.21. The van der Waals surface area contributed by atoms with Crippen molar-refractivity contribution in [1.82, 2.24) is 0 Å². The third-order valence-corrected chi connectivity index (χ3v) is 2.29. The molecule has 1 heteroatoms. The largest absolute Gasteiger partial charge is 0.207 e. The smallest absolute Gasteiger partial charge is 0.123 e. The van der Waals surface area contributed by atoms with Crippen LogP contribution in [0.25, 0.3) is 5.57 Å². The molecule has 0 heterocycles. The Hall–Kier alpha value is -1.33. The van der Waals surface area contributed by atoms with Crippen molar-refractivity contribution in [2.75, 3.05) is 0 Å². The molecular formula is C14H17F. The molecule has 1 aromatic carbocycles. The van der Waals surface area contributed by atoms with Crippen molar-refractivity contribution in [3.8, 4) is 0 Å². The molecule has 0 bridgehead atoms. The molecule has 0 fully saturated rings. The SMILES string of the molecule is CC=C=C(CCCC)c1ccc(F)cc1. The highest BCUT2D eigenvalue weighted by molar-refractivity contribution is 5.64. The van der Waals surface area contributed by atoms with E-state index in [1.807, 2.05) is 25.1 Å². The minimum absolute atomic E-state index is 0.186. The van der Waals surface area contributed by atoms with E-state index < -0.39 is 0 Å². The highest BCUT2D eigenvalue weighted by Gasteiger charge is 2.00. The van der Waals surface area contributed by atoms with Crippen LogP contribution in [0.3, 0.4) is 0 Å². The van der Waals surface area contributed by atoms with Crippen LogP contribution in [-0.4, -0.2) is 0 Å². The van der Waals surface area contributed by atoms with Crippen LogP contribution in [0.5, 0.6) is 0 Å². The number of benzene rings is 1. The lowest BCUT2D eigenvalue weighted by Crippen LogP contribution is -1.84. The Morgan fingerprint density at radius 1 is 1.33 bits per heavy atom. The molecule has 0 radical (unpaired) electrons. The highest BCUT2D eigenvalue weighted by Crippen LogP contribution is 2.19. The van der Waals surface area contributed by atoms with E-state index in [4.69, 9.17) is 0 Å². The van der Waals surface area contributed by atoms with Gasteiger partial charge in [0.05, 0.1) is 0 Å². The molecule has 0 aliphatic rings. The summed E-state index contributed by atoms with van der Waals surface area (Å²) in [4.78, 5) is 0. The Morgan fingerprint density at radius 3 is 2.53 bits per heavy atom. The van der Waals surface area contributed by atoms with Crippen molar-refractivity contribution in [2.24, 2.45) is 0 Å². The molecule has 80 valence electrons. The van der Waals surface area contributed by atoms with Crippen molar-refractivity contribution < 1.29 is 4.39 Å². The van der Waals surface area contributed by atoms with Crippen LogP contribution in [0, 0.1) is 5.82 Å². The van der Waals surface area contributed by atoms with E-state index in [9.17, 15) is 4.39 Å². The van der Waals surface area contributed by atoms with Gasteiger partial charge >= 0.3 is 0 Å². The zero-order valence-corrected chi connectivity index (χ0v) is 9.39. The first kappa shape index (κ1) is 11.7. The van der Waals surface area contributed by atoms with Gasteiger partial charge in [0.2, 0.25) is 0 Å². The van der Waals surface area contributed by atoms with Crippen LogP contribution in [-0.2, 0) is 0 Å². The predicted octanol–water partition coefficient (Wildman–Crippen LogP) is 4.57. The number of rotatable bonds is 4. The normalized spacial score (nSPS) is 9.53. The third-order valence-electron chi connectivity index (χ3n) is 2.29. The molecule has 0 spiro atoms. The predicted molar refractivity (Wildman–Crippen MR) is 63.1 cm³/mol. The minimum atomic E-state index is -0.186. The molecule has 0 saturated carbocycles. The van der Waals surface area contributed by atoms with Crippen molar-refractivity contribution in [2.45, 2.75) is 33.1 Å². The molecule has 0 aliphatic heterocycles. The topological polar surface area (TPSA) is 0 Å². The van der Waals surface area contributed by atoms with E-state index in [1.165, 1.54) is 17.7 Å². The summed E-state index contributed by atoms with van der Waals surface area (Å²) in [5, 5.41) is 0. The quantitative estimate of drug-likeness (QED) is 0.630. The van der Waals surface area contributed by atoms with Gasteiger partial charge in [-0.3, -0.25) is 0 Å². The fourth-order valence-corrected chi connectivity index (χ4v) is 1.48. The Labute approximate surface area is 91.1 Å². The Morgan fingerprint density at radius 2 is 2.00 bits per heavy atom. The van der Waals surface area contributed by atoms with Gasteiger partial charge in [0, 0.05) is 5.57 Å². The second-order valence-electron chi connectivity index (χ2n) is 3.52. The zero-order chi connectivity index (χ0) is 11.1. The van der Waals surface area contributed by atoms with Crippen LogP contribution < -0.4 is 0 Å². The van der Waals surface area contributed by atoms with Crippen LogP contribution in [0.2, 0.25) is 0 Å². The van der Waals surface area contributed by atoms with Gasteiger partial charge < -0.3 is 0 Å². The molecule has 0 atom stereocenters. The average molecular weight is 204 g/mol. The number of halogens is 1. The van der Waals surface area contributed by atoms with Gasteiger partial charge in [-0.05, 0) is 43.5 Å². The van der Waals surface area contributed by atoms with Gasteiger partial charge in [0.1, 0.15) is 5.82 Å². The summed E-state index contributed by atoms with van der Waals surface area (Å²) in [6, 6.07) is 6.63. The summed E-state index contributed by atoms with van der Waals surface area (Å²) in [6.07, 6.45) is 5.23. The number of unbranched alkanes of at least 4 members (excludes halogenated alkanes) is 1. The van der Waals surface area contributed by atoms with Crippen molar-refractivity contribution >= 4 is 5.57 Å². The summed E-state index contributed by atoms with van der Waals surface area (Å²) >= 11 is 0. The summed E-state index contributed by atoms with van der Waals surface area (Å²) < 4.78 is 12.8. The molecular weight excluding hydrogens is 187 g/mol. The monoisotopic (exact) mass is 204 g/mol. The first-order valence-electron chi connectivity index (χ1n) is 5.44. The fourth-order valence-electron chi connectivity index (χ4n) is 1.48. The van der Waals surface area contributed by atoms with E-state index >= 15 is 0 Å². The average Bonchev–Trinajstić information content (AvgIpc) is 2.25. The van der Waals surface area contributed by atoms with Crippen molar-refractivity contribution in [3.05, 3.63) is 47.5 Å². The molecule has 0 unspecified atom stereocenters. The molecule has 0 N–H and O–H groups in total. The Balaban J connectivity index is 2.90. The van der Waals surface area contributed by atoms with Gasteiger partial charge in [-0.25, -0.2) is 4.39 Å². The highest BCUT2D eigenvalue weighted by atomic mass is 19.1. The number of allylic oxidation sites excluding steroid dienone is 1. The number of hydrogen-bond acceptors (Lipinski definition) is 0. The van der Waals surface area contributed by atoms with E-state index in [1.54, 1.807) is 0 Å². The summed E-state index contributed by atoms with van der Waals surface area (Å²) in [5.41, 5.74) is 5.46. The fraction of sp³-hybridized carbons (Fsp3) is 0.357. The van der Waals surface area contributed by atoms with Gasteiger partial charge in [-0.2, -0.15) is 0 Å². The molecule has 15 heavy (non-hydrogen) atoms. The van der Waals surface area contributed by atoms with Gasteiger partial charge in [0.25, 0.3) is 0 Å². The first-order chi connectivity index (χ1) is 7.27. The van der Waals surface area contributed by atoms with E-state index in [-0.39, 0.29) is 5.82 Å². The number of hydrogen-bond donors (Lipinski definition) is 0. The van der Waals surface area contributed by atoms with Gasteiger partial charge in [0.15, 0.2) is 0 Å². The summed E-state index contributed by atoms with van der Waals surface area (Å²) in [7, 11) is 0. The van der Waals surface area contributed by atoms with Crippen LogP contribution in [0.4, 0.5) is 4.39 Å². The van der Waals surface area contributed by atoms with Crippen molar-refractivity contribution in [3.63, 3.8) is 0 Å². The Bertz CT molecular complexity index is 353. The maximum Gasteiger partial charge on any atom is 0.123 e. The lowest BCUT2D eigenvalue weighted by atomic mass is 10.0. The molecule has 0 amide bonds. The van der Waals surface area contributed by atoms with E-state index in [0.29, 0.717) is 0 Å². The lowest BCUT2D eigenvalue weighted by molar-refractivity contribution is 0.627. The third kappa shape index (κ3) is 3.73. The van der Waals surface area contributed by atoms with Crippen LogP contribution >= 0.6 is 0 Å². The Kier molecular flexibility index (Phi) is 4.86.